The summed E-state index contributed by atoms with van der Waals surface area (Å²) in [5.41, 5.74) is 4.52. The van der Waals surface area contributed by atoms with Gasteiger partial charge < -0.3 is 9.47 Å². The second-order valence-electron chi connectivity index (χ2n) is 6.46. The molecule has 0 saturated carbocycles. The number of hydrogen-bond donors (Lipinski definition) is 1. The molecule has 30 heavy (non-hydrogen) atoms. The lowest BCUT2D eigenvalue weighted by molar-refractivity contribution is 0.0124. The quantitative estimate of drug-likeness (QED) is 0.609. The summed E-state index contributed by atoms with van der Waals surface area (Å²) >= 11 is 0. The summed E-state index contributed by atoms with van der Waals surface area (Å²) in [6.07, 6.45) is 1.11. The van der Waals surface area contributed by atoms with Crippen LogP contribution in [0.2, 0.25) is 0 Å². The number of nitrogens with one attached hydrogen (secondary N) is 1. The van der Waals surface area contributed by atoms with Crippen LogP contribution < -0.4 is 10.2 Å². The van der Waals surface area contributed by atoms with Crippen LogP contribution in [0.4, 0.5) is 4.39 Å². The van der Waals surface area contributed by atoms with E-state index in [1.807, 2.05) is 0 Å². The lowest BCUT2D eigenvalue weighted by Crippen LogP contribution is -2.48. The largest absolute Gasteiger partial charge is 0.470 e. The van der Waals surface area contributed by atoms with Crippen LogP contribution >= 0.6 is 0 Å². The number of aromatic nitrogens is 6. The van der Waals surface area contributed by atoms with E-state index in [0.717, 1.165) is 6.20 Å². The van der Waals surface area contributed by atoms with Crippen molar-refractivity contribution in [3.05, 3.63) is 47.7 Å². The van der Waals surface area contributed by atoms with E-state index >= 15 is 0 Å². The third-order valence-electron chi connectivity index (χ3n) is 4.41. The number of nitrogens with zero attached hydrogens (tertiary/aromatic N) is 7. The molecule has 4 rings (SSSR count). The van der Waals surface area contributed by atoms with Gasteiger partial charge in [-0.2, -0.15) is 0 Å². The molecule has 0 bridgehead atoms. The molecule has 12 heteroatoms. The van der Waals surface area contributed by atoms with Crippen LogP contribution in [0.15, 0.2) is 30.5 Å². The van der Waals surface area contributed by atoms with Crippen molar-refractivity contribution in [2.75, 3.05) is 26.3 Å². The number of halogens is 1. The molecule has 11 nitrogen and oxygen atoms in total. The third-order valence-corrected chi connectivity index (χ3v) is 4.41. The predicted octanol–water partition coefficient (Wildman–Crippen LogP) is 0.362. The molecule has 1 aliphatic heterocycles. The van der Waals surface area contributed by atoms with Crippen LogP contribution in [0.5, 0.6) is 5.88 Å². The molecule has 0 unspecified atom stereocenters. The summed E-state index contributed by atoms with van der Waals surface area (Å²) in [4.78, 5) is 16.3. The molecule has 3 aromatic rings. The number of ether oxygens (including phenoxy) is 2. The van der Waals surface area contributed by atoms with Crippen LogP contribution in [0.1, 0.15) is 16.2 Å². The molecular formula is C18H19FN8O3. The minimum Gasteiger partial charge on any atom is -0.470 e. The molecule has 3 aromatic heterocycles. The lowest BCUT2D eigenvalue weighted by Gasteiger charge is -2.26. The lowest BCUT2D eigenvalue weighted by atomic mass is 10.2. The highest BCUT2D eigenvalue weighted by molar-refractivity contribution is 5.91. The van der Waals surface area contributed by atoms with Gasteiger partial charge in [0.1, 0.15) is 23.8 Å². The summed E-state index contributed by atoms with van der Waals surface area (Å²) in [7, 11) is 1.71. The van der Waals surface area contributed by atoms with E-state index in [-0.39, 0.29) is 24.1 Å². The topological polar surface area (TPSA) is 120 Å². The van der Waals surface area contributed by atoms with Gasteiger partial charge in [-0.05, 0) is 18.2 Å². The zero-order valence-corrected chi connectivity index (χ0v) is 16.2. The maximum Gasteiger partial charge on any atom is 0.286 e. The zero-order valence-electron chi connectivity index (χ0n) is 16.2. The van der Waals surface area contributed by atoms with Crippen molar-refractivity contribution in [1.82, 2.24) is 40.6 Å². The van der Waals surface area contributed by atoms with E-state index in [2.05, 4.69) is 30.9 Å². The monoisotopic (exact) mass is 414 g/mol. The highest BCUT2D eigenvalue weighted by Gasteiger charge is 2.17. The van der Waals surface area contributed by atoms with Gasteiger partial charge in [0, 0.05) is 26.2 Å². The number of hydrazine groups is 1. The van der Waals surface area contributed by atoms with Crippen LogP contribution in [0.3, 0.4) is 0 Å². The fourth-order valence-electron chi connectivity index (χ4n) is 2.79. The Hall–Kier alpha value is -3.51. The Balaban J connectivity index is 1.39. The first-order valence-corrected chi connectivity index (χ1v) is 9.21. The molecule has 1 amide bonds. The molecule has 0 aliphatic carbocycles. The molecule has 4 heterocycles. The third kappa shape index (κ3) is 4.55. The first-order valence-electron chi connectivity index (χ1n) is 9.21. The summed E-state index contributed by atoms with van der Waals surface area (Å²) in [6.45, 7) is 2.45. The van der Waals surface area contributed by atoms with E-state index in [0.29, 0.717) is 43.4 Å². The van der Waals surface area contributed by atoms with Crippen molar-refractivity contribution in [2.45, 2.75) is 6.61 Å². The van der Waals surface area contributed by atoms with Gasteiger partial charge in [-0.1, -0.05) is 5.21 Å². The van der Waals surface area contributed by atoms with Crippen LogP contribution in [-0.4, -0.2) is 67.4 Å². The van der Waals surface area contributed by atoms with E-state index in [1.165, 1.54) is 22.9 Å². The predicted molar refractivity (Wildman–Crippen MR) is 100 cm³/mol. The van der Waals surface area contributed by atoms with E-state index < -0.39 is 5.82 Å². The summed E-state index contributed by atoms with van der Waals surface area (Å²) < 4.78 is 25.6. The van der Waals surface area contributed by atoms with Gasteiger partial charge in [0.05, 0.1) is 25.1 Å². The minimum atomic E-state index is -0.437. The van der Waals surface area contributed by atoms with Crippen LogP contribution in [0, 0.1) is 5.82 Å². The number of rotatable bonds is 6. The summed E-state index contributed by atoms with van der Waals surface area (Å²) in [5, 5.41) is 17.7. The zero-order chi connectivity index (χ0) is 20.9. The second kappa shape index (κ2) is 8.88. The Morgan fingerprint density at radius 2 is 2.03 bits per heavy atom. The first kappa shape index (κ1) is 19.8. The number of carbonyl (C=O) groups is 1. The van der Waals surface area contributed by atoms with Crippen molar-refractivity contribution < 1.29 is 18.7 Å². The van der Waals surface area contributed by atoms with Gasteiger partial charge in [0.25, 0.3) is 5.91 Å². The van der Waals surface area contributed by atoms with Gasteiger partial charge in [-0.25, -0.2) is 14.1 Å². The van der Waals surface area contributed by atoms with Gasteiger partial charge in [0.2, 0.25) is 5.88 Å². The van der Waals surface area contributed by atoms with Crippen molar-refractivity contribution in [3.63, 3.8) is 0 Å². The molecule has 0 spiro atoms. The molecule has 1 aliphatic rings. The first-order chi connectivity index (χ1) is 14.6. The normalized spacial score (nSPS) is 14.5. The van der Waals surface area contributed by atoms with Gasteiger partial charge >= 0.3 is 0 Å². The number of carbonyl (C=O) groups excluding carboxylic acids is 1. The summed E-state index contributed by atoms with van der Waals surface area (Å²) in [5.74, 6) is -0.554. The van der Waals surface area contributed by atoms with Gasteiger partial charge in [0.15, 0.2) is 5.69 Å². The number of aryl methyl sites for hydroxylation is 1. The standard InChI is InChI=1S/C18H19FN8O3/c1-26-15(17(23-25-26)13-3-2-12(19)10-20-13)11-30-16-5-4-14(21-22-16)18(28)24-27-6-8-29-9-7-27/h2-5,10H,6-9,11H2,1H3,(H,24,28). The van der Waals surface area contributed by atoms with E-state index in [1.54, 1.807) is 18.1 Å². The molecule has 0 radical (unpaired) electrons. The Bertz CT molecular complexity index is 1000. The van der Waals surface area contributed by atoms with Crippen molar-refractivity contribution in [2.24, 2.45) is 7.05 Å². The van der Waals surface area contributed by atoms with Crippen LogP contribution in [-0.2, 0) is 18.4 Å². The molecule has 0 atom stereocenters. The maximum absolute atomic E-state index is 13.1. The van der Waals surface area contributed by atoms with Crippen LogP contribution in [0.25, 0.3) is 11.4 Å². The van der Waals surface area contributed by atoms with Gasteiger partial charge in [-0.3, -0.25) is 15.2 Å². The average Bonchev–Trinajstić information content (AvgIpc) is 3.14. The van der Waals surface area contributed by atoms with Crippen molar-refractivity contribution >= 4 is 5.91 Å². The minimum absolute atomic E-state index is 0.0892. The fourth-order valence-corrected chi connectivity index (χ4v) is 2.79. The number of amides is 1. The Morgan fingerprint density at radius 3 is 2.73 bits per heavy atom. The Labute approximate surface area is 170 Å². The second-order valence-corrected chi connectivity index (χ2v) is 6.46. The maximum atomic E-state index is 13.1. The Morgan fingerprint density at radius 1 is 1.20 bits per heavy atom. The highest BCUT2D eigenvalue weighted by Crippen LogP contribution is 2.20. The number of morpholine rings is 1. The van der Waals surface area contributed by atoms with Crippen molar-refractivity contribution in [1.29, 1.82) is 0 Å². The summed E-state index contributed by atoms with van der Waals surface area (Å²) in [6, 6.07) is 5.90. The van der Waals surface area contributed by atoms with Crippen molar-refractivity contribution in [3.8, 4) is 17.3 Å². The molecule has 1 saturated heterocycles. The smallest absolute Gasteiger partial charge is 0.286 e. The van der Waals surface area contributed by atoms with Gasteiger partial charge in [-0.15, -0.1) is 15.3 Å². The molecular weight excluding hydrogens is 395 g/mol. The molecule has 1 fully saturated rings. The molecule has 1 N–H and O–H groups in total. The molecule has 156 valence electrons. The highest BCUT2D eigenvalue weighted by atomic mass is 19.1. The SMILES string of the molecule is Cn1nnc(-c2ccc(F)cn2)c1COc1ccc(C(=O)NN2CCOCC2)nn1. The number of pyridine rings is 1. The Kier molecular flexibility index (Phi) is 5.86. The molecule has 0 aromatic carbocycles. The average molecular weight is 414 g/mol. The number of hydrogen-bond acceptors (Lipinski definition) is 9. The fraction of sp³-hybridized carbons (Fsp3) is 0.333. The van der Waals surface area contributed by atoms with E-state index in [9.17, 15) is 9.18 Å². The van der Waals surface area contributed by atoms with E-state index in [4.69, 9.17) is 9.47 Å².